The van der Waals surface area contributed by atoms with Gasteiger partial charge in [-0.3, -0.25) is 14.9 Å². The Morgan fingerprint density at radius 1 is 1.14 bits per heavy atom. The van der Waals surface area contributed by atoms with E-state index in [1.54, 1.807) is 31.4 Å². The third-order valence-electron chi connectivity index (χ3n) is 3.98. The van der Waals surface area contributed by atoms with Gasteiger partial charge in [0.25, 0.3) is 11.6 Å². The Balaban J connectivity index is 1.69. The van der Waals surface area contributed by atoms with E-state index in [1.165, 1.54) is 31.4 Å². The molecule has 0 aliphatic rings. The van der Waals surface area contributed by atoms with Crippen molar-refractivity contribution in [2.75, 3.05) is 14.2 Å². The molecule has 1 amide bonds. The number of benzene rings is 2. The average molecular weight is 383 g/mol. The normalized spacial score (nSPS) is 10.4. The Hall–Kier alpha value is -3.88. The van der Waals surface area contributed by atoms with Crippen molar-refractivity contribution in [3.8, 4) is 22.8 Å². The predicted molar refractivity (Wildman–Crippen MR) is 99.3 cm³/mol. The van der Waals surface area contributed by atoms with Gasteiger partial charge in [-0.15, -0.1) is 0 Å². The number of non-ortho nitro benzene ring substituents is 1. The van der Waals surface area contributed by atoms with Gasteiger partial charge in [0.15, 0.2) is 17.3 Å². The van der Waals surface area contributed by atoms with E-state index < -0.39 is 10.8 Å². The van der Waals surface area contributed by atoms with Crippen LogP contribution in [-0.4, -0.2) is 30.2 Å². The first kappa shape index (κ1) is 18.9. The number of nitrogens with one attached hydrogen (secondary N) is 1. The van der Waals surface area contributed by atoms with Gasteiger partial charge in [0.1, 0.15) is 5.69 Å². The zero-order chi connectivity index (χ0) is 20.1. The minimum Gasteiger partial charge on any atom is -0.493 e. The molecule has 0 radical (unpaired) electrons. The van der Waals surface area contributed by atoms with E-state index in [2.05, 4.69) is 10.5 Å². The van der Waals surface area contributed by atoms with E-state index in [9.17, 15) is 14.9 Å². The van der Waals surface area contributed by atoms with Crippen LogP contribution in [0.2, 0.25) is 0 Å². The molecule has 0 unspecified atom stereocenters. The van der Waals surface area contributed by atoms with Crippen molar-refractivity contribution in [1.29, 1.82) is 0 Å². The van der Waals surface area contributed by atoms with Gasteiger partial charge in [-0.05, 0) is 24.3 Å². The monoisotopic (exact) mass is 383 g/mol. The maximum atomic E-state index is 12.2. The first-order chi connectivity index (χ1) is 13.5. The molecule has 0 fully saturated rings. The second-order valence-electron chi connectivity index (χ2n) is 5.74. The fraction of sp³-hybridized carbons (Fsp3) is 0.158. The second kappa shape index (κ2) is 8.21. The first-order valence-corrected chi connectivity index (χ1v) is 8.22. The molecule has 0 saturated heterocycles. The molecular formula is C19H17N3O6. The number of nitro benzene ring substituents is 1. The van der Waals surface area contributed by atoms with E-state index in [0.717, 1.165) is 5.56 Å². The zero-order valence-electron chi connectivity index (χ0n) is 15.2. The lowest BCUT2D eigenvalue weighted by molar-refractivity contribution is -0.384. The second-order valence-corrected chi connectivity index (χ2v) is 5.74. The maximum absolute atomic E-state index is 12.2. The molecule has 28 heavy (non-hydrogen) atoms. The summed E-state index contributed by atoms with van der Waals surface area (Å²) >= 11 is 0. The number of rotatable bonds is 7. The molecule has 0 spiro atoms. The van der Waals surface area contributed by atoms with Gasteiger partial charge in [0.2, 0.25) is 0 Å². The van der Waals surface area contributed by atoms with Crippen molar-refractivity contribution >= 4 is 11.6 Å². The van der Waals surface area contributed by atoms with Gasteiger partial charge < -0.3 is 19.3 Å². The van der Waals surface area contributed by atoms with Crippen LogP contribution < -0.4 is 14.8 Å². The summed E-state index contributed by atoms with van der Waals surface area (Å²) in [5.74, 6) is 1.20. The highest BCUT2D eigenvalue weighted by molar-refractivity contribution is 5.94. The molecule has 1 heterocycles. The van der Waals surface area contributed by atoms with E-state index in [-0.39, 0.29) is 17.8 Å². The number of carbonyl (C=O) groups is 1. The molecule has 9 nitrogen and oxygen atoms in total. The van der Waals surface area contributed by atoms with Crippen LogP contribution in [-0.2, 0) is 6.54 Å². The van der Waals surface area contributed by atoms with Gasteiger partial charge in [-0.25, -0.2) is 0 Å². The summed E-state index contributed by atoms with van der Waals surface area (Å²) in [7, 11) is 3.09. The number of hydrogen-bond donors (Lipinski definition) is 1. The summed E-state index contributed by atoms with van der Waals surface area (Å²) in [6.07, 6.45) is 0. The van der Waals surface area contributed by atoms with Gasteiger partial charge >= 0.3 is 0 Å². The first-order valence-electron chi connectivity index (χ1n) is 8.22. The number of nitrogens with zero attached hydrogens (tertiary/aromatic N) is 2. The largest absolute Gasteiger partial charge is 0.493 e. The Bertz CT molecular complexity index is 1010. The van der Waals surface area contributed by atoms with Crippen LogP contribution in [0.25, 0.3) is 11.3 Å². The van der Waals surface area contributed by atoms with E-state index >= 15 is 0 Å². The summed E-state index contributed by atoms with van der Waals surface area (Å²) in [6.45, 7) is 0.109. The van der Waals surface area contributed by atoms with Crippen LogP contribution in [0.4, 0.5) is 5.69 Å². The molecule has 1 aromatic heterocycles. The number of carbonyl (C=O) groups excluding carboxylic acids is 1. The van der Waals surface area contributed by atoms with Gasteiger partial charge in [0.05, 0.1) is 25.7 Å². The van der Waals surface area contributed by atoms with Crippen LogP contribution in [0, 0.1) is 10.1 Å². The molecule has 0 atom stereocenters. The lowest BCUT2D eigenvalue weighted by Gasteiger charge is -2.07. The predicted octanol–water partition coefficient (Wildman–Crippen LogP) is 3.20. The Morgan fingerprint density at radius 3 is 2.64 bits per heavy atom. The summed E-state index contributed by atoms with van der Waals surface area (Å²) in [5.41, 5.74) is 1.28. The quantitative estimate of drug-likeness (QED) is 0.492. The Kier molecular flexibility index (Phi) is 5.54. The average Bonchev–Trinajstić information content (AvgIpc) is 3.20. The number of hydrogen-bond acceptors (Lipinski definition) is 7. The van der Waals surface area contributed by atoms with Gasteiger partial charge in [-0.2, -0.15) is 0 Å². The molecule has 3 rings (SSSR count). The van der Waals surface area contributed by atoms with Crippen molar-refractivity contribution < 1.29 is 23.7 Å². The summed E-state index contributed by atoms with van der Waals surface area (Å²) in [4.78, 5) is 22.5. The fourth-order valence-electron chi connectivity index (χ4n) is 2.55. The standard InChI is InChI=1S/C19H17N3O6/c1-26-16-7-6-12(9-18(16)27-2)17-10-14(21-28-17)11-20-19(23)13-4-3-5-15(8-13)22(24)25/h3-10H,11H2,1-2H3,(H,20,23). The molecule has 0 aliphatic carbocycles. The summed E-state index contributed by atoms with van der Waals surface area (Å²) in [5, 5.41) is 17.4. The van der Waals surface area contributed by atoms with Crippen LogP contribution in [0.5, 0.6) is 11.5 Å². The molecule has 0 bridgehead atoms. The van der Waals surface area contributed by atoms with Crippen molar-refractivity contribution in [3.63, 3.8) is 0 Å². The highest BCUT2D eigenvalue weighted by atomic mass is 16.6. The third-order valence-corrected chi connectivity index (χ3v) is 3.98. The van der Waals surface area contributed by atoms with E-state index in [4.69, 9.17) is 14.0 Å². The number of aromatic nitrogens is 1. The Labute approximate surface area is 160 Å². The van der Waals surface area contributed by atoms with Crippen LogP contribution >= 0.6 is 0 Å². The number of nitro groups is 1. The minimum absolute atomic E-state index is 0.109. The van der Waals surface area contributed by atoms with Crippen LogP contribution in [0.1, 0.15) is 16.1 Å². The molecule has 1 N–H and O–H groups in total. The molecule has 0 aliphatic heterocycles. The number of methoxy groups -OCH3 is 2. The van der Waals surface area contributed by atoms with Gasteiger partial charge in [0, 0.05) is 29.3 Å². The lowest BCUT2D eigenvalue weighted by Crippen LogP contribution is -2.22. The van der Waals surface area contributed by atoms with Crippen LogP contribution in [0.3, 0.4) is 0 Å². The highest BCUT2D eigenvalue weighted by Gasteiger charge is 2.14. The lowest BCUT2D eigenvalue weighted by atomic mass is 10.1. The zero-order valence-corrected chi connectivity index (χ0v) is 15.2. The third kappa shape index (κ3) is 4.09. The highest BCUT2D eigenvalue weighted by Crippen LogP contribution is 2.32. The number of amides is 1. The molecule has 144 valence electrons. The van der Waals surface area contributed by atoms with E-state index in [0.29, 0.717) is 23.0 Å². The maximum Gasteiger partial charge on any atom is 0.270 e. The molecule has 0 saturated carbocycles. The minimum atomic E-state index is -0.552. The SMILES string of the molecule is COc1ccc(-c2cc(CNC(=O)c3cccc([N+](=O)[O-])c3)no2)cc1OC. The molecule has 9 heteroatoms. The van der Waals surface area contributed by atoms with Crippen molar-refractivity contribution in [1.82, 2.24) is 10.5 Å². The molecule has 2 aromatic carbocycles. The van der Waals surface area contributed by atoms with Gasteiger partial charge in [-0.1, -0.05) is 11.2 Å². The topological polar surface area (TPSA) is 117 Å². The summed E-state index contributed by atoms with van der Waals surface area (Å²) in [6, 6.07) is 12.5. The Morgan fingerprint density at radius 2 is 1.93 bits per heavy atom. The molecule has 3 aromatic rings. The number of ether oxygens (including phenoxy) is 2. The fourth-order valence-corrected chi connectivity index (χ4v) is 2.55. The smallest absolute Gasteiger partial charge is 0.270 e. The van der Waals surface area contributed by atoms with Crippen molar-refractivity contribution in [2.24, 2.45) is 0 Å². The summed E-state index contributed by atoms with van der Waals surface area (Å²) < 4.78 is 15.8. The van der Waals surface area contributed by atoms with Crippen LogP contribution in [0.15, 0.2) is 53.1 Å². The van der Waals surface area contributed by atoms with Crippen molar-refractivity contribution in [3.05, 3.63) is 69.9 Å². The van der Waals surface area contributed by atoms with Crippen molar-refractivity contribution in [2.45, 2.75) is 6.54 Å². The van der Waals surface area contributed by atoms with E-state index in [1.807, 2.05) is 0 Å². The molecular weight excluding hydrogens is 366 g/mol.